The first-order valence-electron chi connectivity index (χ1n) is 15.1. The van der Waals surface area contributed by atoms with Crippen molar-refractivity contribution in [2.75, 3.05) is 5.75 Å². The molecule has 0 bridgehead atoms. The Morgan fingerprint density at radius 2 is 1.89 bits per heavy atom. The SMILES string of the molecule is CC(=O)SCC(O)CC1C[C@H]2[C@@H]3CC=C4C[C@@H](O)CC[C@]4(C)[C@H]3CC[C@]2(C)[C@H]1[C@H](C)CCCC(C)C. The average Bonchev–Trinajstić information content (AvgIpc) is 3.09. The van der Waals surface area contributed by atoms with Gasteiger partial charge in [0.15, 0.2) is 5.12 Å². The van der Waals surface area contributed by atoms with Gasteiger partial charge in [0, 0.05) is 12.7 Å². The number of aliphatic hydroxyl groups excluding tert-OH is 2. The Morgan fingerprint density at radius 3 is 2.58 bits per heavy atom. The van der Waals surface area contributed by atoms with Crippen LogP contribution in [0.15, 0.2) is 11.6 Å². The molecule has 0 radical (unpaired) electrons. The van der Waals surface area contributed by atoms with Gasteiger partial charge in [0.2, 0.25) is 0 Å². The molecule has 4 aliphatic carbocycles. The number of rotatable bonds is 9. The standard InChI is InChI=1S/C32H54O3S/c1-20(2)8-7-9-21(3)30-23(16-26(35)19-36-22(4)33)17-29-27-11-10-24-18-25(34)12-14-31(24,5)28(27)13-15-32(29,30)6/h10,20-21,23,25-30,34-35H,7-9,11-19H2,1-6H3/t21-,23?,25+,26?,27-,28+,29+,30+,31+,32+/m1/s1. The first kappa shape index (κ1) is 28.7. The van der Waals surface area contributed by atoms with Crippen LogP contribution in [0, 0.1) is 52.3 Å². The zero-order valence-corrected chi connectivity index (χ0v) is 24.8. The summed E-state index contributed by atoms with van der Waals surface area (Å²) in [6.07, 6.45) is 14.9. The largest absolute Gasteiger partial charge is 0.393 e. The predicted octanol–water partition coefficient (Wildman–Crippen LogP) is 7.65. The van der Waals surface area contributed by atoms with Crippen LogP contribution in [0.25, 0.3) is 0 Å². The van der Waals surface area contributed by atoms with E-state index in [0.717, 1.165) is 49.4 Å². The molecule has 2 N–H and O–H groups in total. The number of hydrogen-bond acceptors (Lipinski definition) is 4. The highest BCUT2D eigenvalue weighted by molar-refractivity contribution is 8.13. The van der Waals surface area contributed by atoms with Gasteiger partial charge in [-0.25, -0.2) is 0 Å². The lowest BCUT2D eigenvalue weighted by Gasteiger charge is -2.58. The molecule has 4 rings (SSSR count). The molecule has 2 unspecified atom stereocenters. The van der Waals surface area contributed by atoms with E-state index in [2.05, 4.69) is 40.7 Å². The minimum absolute atomic E-state index is 0.109. The molecule has 0 heterocycles. The van der Waals surface area contributed by atoms with Crippen molar-refractivity contribution in [1.29, 1.82) is 0 Å². The highest BCUT2D eigenvalue weighted by Crippen LogP contribution is 2.69. The van der Waals surface area contributed by atoms with Crippen LogP contribution in [0.5, 0.6) is 0 Å². The second kappa shape index (κ2) is 11.4. The zero-order valence-electron chi connectivity index (χ0n) is 24.0. The molecule has 0 aromatic carbocycles. The fraction of sp³-hybridized carbons (Fsp3) is 0.906. The van der Waals surface area contributed by atoms with Gasteiger partial charge in [-0.2, -0.15) is 0 Å². The summed E-state index contributed by atoms with van der Waals surface area (Å²) in [6, 6.07) is 0. The third-order valence-corrected chi connectivity index (χ3v) is 12.4. The summed E-state index contributed by atoms with van der Waals surface area (Å²) < 4.78 is 0. The summed E-state index contributed by atoms with van der Waals surface area (Å²) in [5.74, 6) is 5.43. The van der Waals surface area contributed by atoms with Crippen molar-refractivity contribution in [3.63, 3.8) is 0 Å². The smallest absolute Gasteiger partial charge is 0.185 e. The molecule has 0 aliphatic heterocycles. The Bertz CT molecular complexity index is 807. The topological polar surface area (TPSA) is 57.5 Å². The van der Waals surface area contributed by atoms with Gasteiger partial charge in [0.1, 0.15) is 0 Å². The summed E-state index contributed by atoms with van der Waals surface area (Å²) in [5.41, 5.74) is 2.18. The highest BCUT2D eigenvalue weighted by Gasteiger charge is 2.61. The predicted molar refractivity (Wildman–Crippen MR) is 152 cm³/mol. The molecule has 0 amide bonds. The number of fused-ring (bicyclic) bond motifs is 5. The summed E-state index contributed by atoms with van der Waals surface area (Å²) in [5, 5.41) is 21.4. The summed E-state index contributed by atoms with van der Waals surface area (Å²) in [7, 11) is 0. The number of carbonyl (C=O) groups excluding carboxylic acids is 1. The zero-order chi connectivity index (χ0) is 26.3. The van der Waals surface area contributed by atoms with Crippen LogP contribution in [-0.2, 0) is 4.79 Å². The minimum Gasteiger partial charge on any atom is -0.393 e. The Kier molecular flexibility index (Phi) is 9.10. The van der Waals surface area contributed by atoms with Crippen LogP contribution in [0.3, 0.4) is 0 Å². The Balaban J connectivity index is 1.57. The van der Waals surface area contributed by atoms with Crippen molar-refractivity contribution in [2.45, 2.75) is 124 Å². The van der Waals surface area contributed by atoms with Gasteiger partial charge >= 0.3 is 0 Å². The maximum atomic E-state index is 11.5. The van der Waals surface area contributed by atoms with Crippen molar-refractivity contribution < 1.29 is 15.0 Å². The summed E-state index contributed by atoms with van der Waals surface area (Å²) in [6.45, 7) is 13.9. The molecule has 0 saturated heterocycles. The van der Waals surface area contributed by atoms with Crippen LogP contribution in [0.4, 0.5) is 0 Å². The van der Waals surface area contributed by atoms with Gasteiger partial charge in [-0.3, -0.25) is 4.79 Å². The lowest BCUT2D eigenvalue weighted by Crippen LogP contribution is -2.51. The van der Waals surface area contributed by atoms with E-state index in [4.69, 9.17) is 0 Å². The van der Waals surface area contributed by atoms with E-state index in [1.807, 2.05) is 0 Å². The normalized spacial score (nSPS) is 41.8. The van der Waals surface area contributed by atoms with Crippen molar-refractivity contribution in [3.05, 3.63) is 11.6 Å². The van der Waals surface area contributed by atoms with Gasteiger partial charge < -0.3 is 10.2 Å². The van der Waals surface area contributed by atoms with Gasteiger partial charge in [0.25, 0.3) is 0 Å². The van der Waals surface area contributed by atoms with Crippen molar-refractivity contribution >= 4 is 16.9 Å². The molecule has 36 heavy (non-hydrogen) atoms. The lowest BCUT2D eigenvalue weighted by molar-refractivity contribution is -0.109. The second-order valence-corrected chi connectivity index (χ2v) is 15.4. The van der Waals surface area contributed by atoms with Crippen LogP contribution >= 0.6 is 11.8 Å². The third kappa shape index (κ3) is 5.67. The monoisotopic (exact) mass is 518 g/mol. The molecule has 4 aliphatic rings. The lowest BCUT2D eigenvalue weighted by atomic mass is 9.47. The van der Waals surface area contributed by atoms with Gasteiger partial charge in [-0.05, 0) is 104 Å². The van der Waals surface area contributed by atoms with Crippen LogP contribution in [-0.4, -0.2) is 33.3 Å². The Hall–Kier alpha value is -0.320. The van der Waals surface area contributed by atoms with E-state index in [9.17, 15) is 15.0 Å². The molecule has 3 nitrogen and oxygen atoms in total. The number of carbonyl (C=O) groups is 1. The maximum Gasteiger partial charge on any atom is 0.185 e. The summed E-state index contributed by atoms with van der Waals surface area (Å²) >= 11 is 1.29. The van der Waals surface area contributed by atoms with E-state index in [0.29, 0.717) is 28.9 Å². The van der Waals surface area contributed by atoms with Crippen LogP contribution in [0.2, 0.25) is 0 Å². The molecule has 0 spiro atoms. The molecular weight excluding hydrogens is 464 g/mol. The highest BCUT2D eigenvalue weighted by atomic mass is 32.2. The Morgan fingerprint density at radius 1 is 1.14 bits per heavy atom. The van der Waals surface area contributed by atoms with E-state index in [-0.39, 0.29) is 22.7 Å². The van der Waals surface area contributed by atoms with E-state index in [1.54, 1.807) is 12.5 Å². The fourth-order valence-electron chi connectivity index (χ4n) is 9.87. The van der Waals surface area contributed by atoms with Crippen molar-refractivity contribution in [2.24, 2.45) is 52.3 Å². The van der Waals surface area contributed by atoms with E-state index >= 15 is 0 Å². The van der Waals surface area contributed by atoms with E-state index in [1.165, 1.54) is 56.7 Å². The molecule has 10 atom stereocenters. The fourth-order valence-corrected chi connectivity index (χ4v) is 10.4. The average molecular weight is 519 g/mol. The number of hydrogen-bond donors (Lipinski definition) is 2. The number of thioether (sulfide) groups is 1. The third-order valence-electron chi connectivity index (χ3n) is 11.4. The minimum atomic E-state index is -0.385. The van der Waals surface area contributed by atoms with Crippen LogP contribution < -0.4 is 0 Å². The van der Waals surface area contributed by atoms with Gasteiger partial charge in [-0.15, -0.1) is 0 Å². The second-order valence-electron chi connectivity index (χ2n) is 14.2. The quantitative estimate of drug-likeness (QED) is 0.308. The molecule has 3 saturated carbocycles. The first-order chi connectivity index (χ1) is 17.0. The molecule has 4 heteroatoms. The molecule has 3 fully saturated rings. The summed E-state index contributed by atoms with van der Waals surface area (Å²) in [4.78, 5) is 11.5. The van der Waals surface area contributed by atoms with E-state index < -0.39 is 0 Å². The van der Waals surface area contributed by atoms with Gasteiger partial charge in [0.05, 0.1) is 12.2 Å². The van der Waals surface area contributed by atoms with Gasteiger partial charge in [-0.1, -0.05) is 77.3 Å². The van der Waals surface area contributed by atoms with Crippen molar-refractivity contribution in [3.8, 4) is 0 Å². The molecule has 0 aromatic rings. The first-order valence-corrected chi connectivity index (χ1v) is 16.1. The Labute approximate surface area is 225 Å². The number of allylic oxidation sites excluding steroid dienone is 1. The maximum absolute atomic E-state index is 11.5. The number of aliphatic hydroxyl groups is 2. The molecule has 206 valence electrons. The van der Waals surface area contributed by atoms with Crippen LogP contribution in [0.1, 0.15) is 112 Å². The molecule has 0 aromatic heterocycles. The van der Waals surface area contributed by atoms with Crippen molar-refractivity contribution in [1.82, 2.24) is 0 Å². The molecular formula is C32H54O3S.